The molecule has 4 atom stereocenters. The number of likely N-dealkylation sites (tertiary alicyclic amines) is 1. The minimum Gasteiger partial charge on any atom is -0.476 e. The highest BCUT2D eigenvalue weighted by Crippen LogP contribution is 2.72. The number of halogens is 1. The molecule has 4 saturated carbocycles. The maximum atomic E-state index is 14.0. The number of thiazole rings is 1. The average Bonchev–Trinajstić information content (AvgIpc) is 0.873. The number of rotatable bonds is 29. The quantitative estimate of drug-likeness (QED) is 0.0131. The topological polar surface area (TPSA) is 320 Å². The number of fused-ring (bicyclic) bond motifs is 2. The zero-order valence-corrected chi connectivity index (χ0v) is 57.5. The van der Waals surface area contributed by atoms with Gasteiger partial charge in [0.25, 0.3) is 11.8 Å². The van der Waals surface area contributed by atoms with Crippen molar-refractivity contribution in [1.29, 1.82) is 0 Å². The van der Waals surface area contributed by atoms with Gasteiger partial charge in [0.2, 0.25) is 17.7 Å². The largest absolute Gasteiger partial charge is 0.476 e. The Hall–Kier alpha value is -8.79. The number of benzene rings is 2. The number of nitrogens with two attached hydrogens (primary N) is 1. The van der Waals surface area contributed by atoms with Crippen LogP contribution in [0.25, 0.3) is 21.3 Å². The number of urea groups is 1. The predicted molar refractivity (Wildman–Crippen MR) is 367 cm³/mol. The maximum absolute atomic E-state index is 14.0. The van der Waals surface area contributed by atoms with E-state index in [0.717, 1.165) is 132 Å². The first-order valence-electron chi connectivity index (χ1n) is 34.2. The number of pyridine rings is 1. The predicted octanol–water partition coefficient (Wildman–Crippen LogP) is 8.92. The number of nitrogens with zero attached hydrogens (tertiary/aromatic N) is 9. The van der Waals surface area contributed by atoms with E-state index in [1.54, 1.807) is 26.1 Å². The third-order valence-corrected chi connectivity index (χ3v) is 21.7. The molecule has 4 aliphatic carbocycles. The summed E-state index contributed by atoms with van der Waals surface area (Å²) in [5, 5.41) is 40.0. The van der Waals surface area contributed by atoms with Gasteiger partial charge >= 0.3 is 12.0 Å². The zero-order chi connectivity index (χ0) is 69.3. The standard InChI is InChI=1S/C71H88FN15O10S/c1-43(2)59(80-56(88)23-30-96-31-26-85-57(89)21-22-58(85)90)64(92)77-52(12-9-24-74-66(73)95)63(91)76-48-16-13-46(14-17-48)35-87(27-7-8-28-87)29-32-97-71-39-68(5)36-69(6,40-71)38-70(37-68,41-71)42-86-45(4)51(34-75-86)50-18-20-55(79-60(50)65(93)94)84-25-10-11-49-44(3)61(82-83-62(49)84)81-67-78-53-33-47(72)15-19-54(53)98-67/h13-22,33-34,43,52,59H,7-12,23-32,35-42H2,1-6H3,(H7-,73,74,76,77,78,80,81,82,88,91,92,93,94,95)/p+1/t52-,59-,68?,69?,70?,71?/m0/s1. The summed E-state index contributed by atoms with van der Waals surface area (Å²) in [5.41, 5.74) is 11.2. The molecule has 0 radical (unpaired) electrons. The Morgan fingerprint density at radius 2 is 1.59 bits per heavy atom. The summed E-state index contributed by atoms with van der Waals surface area (Å²) in [5.74, 6) is -2.54. The van der Waals surface area contributed by atoms with Crippen LogP contribution in [0.4, 0.5) is 37.5 Å². The Morgan fingerprint density at radius 1 is 0.847 bits per heavy atom. The van der Waals surface area contributed by atoms with Crippen molar-refractivity contribution in [3.63, 3.8) is 0 Å². The Bertz CT molecular complexity index is 4060. The van der Waals surface area contributed by atoms with Crippen LogP contribution >= 0.6 is 11.3 Å². The van der Waals surface area contributed by atoms with Gasteiger partial charge < -0.3 is 56.3 Å². The van der Waals surface area contributed by atoms with Gasteiger partial charge in [0.15, 0.2) is 22.5 Å². The van der Waals surface area contributed by atoms with Crippen LogP contribution in [-0.2, 0) is 53.0 Å². The number of carbonyl (C=O) groups is 7. The van der Waals surface area contributed by atoms with Gasteiger partial charge in [0, 0.05) is 96.3 Å². The average molecular weight is 1360 g/mol. The zero-order valence-electron chi connectivity index (χ0n) is 56.6. The lowest BCUT2D eigenvalue weighted by atomic mass is 9.39. The summed E-state index contributed by atoms with van der Waals surface area (Å²) in [6.45, 7) is 18.3. The summed E-state index contributed by atoms with van der Waals surface area (Å²) in [6, 6.07) is 13.3. The summed E-state index contributed by atoms with van der Waals surface area (Å²) in [6.07, 6.45) is 14.5. The number of aromatic nitrogens is 6. The van der Waals surface area contributed by atoms with Gasteiger partial charge in [-0.05, 0) is 137 Å². The molecule has 5 fully saturated rings. The molecule has 7 aliphatic rings. The van der Waals surface area contributed by atoms with E-state index in [1.807, 2.05) is 55.1 Å². The number of aromatic carboxylic acids is 1. The highest BCUT2D eigenvalue weighted by atomic mass is 32.1. The molecule has 98 heavy (non-hydrogen) atoms. The fourth-order valence-electron chi connectivity index (χ4n) is 17.4. The second-order valence-corrected chi connectivity index (χ2v) is 30.3. The van der Waals surface area contributed by atoms with Gasteiger partial charge in [0.05, 0.1) is 61.5 Å². The number of imide groups is 1. The van der Waals surface area contributed by atoms with Crippen LogP contribution in [0.1, 0.15) is 138 Å². The lowest BCUT2D eigenvalue weighted by molar-refractivity contribution is -0.930. The molecular formula is C71H89FN15O10S+. The number of nitrogens with one attached hydrogen (secondary N) is 5. The van der Waals surface area contributed by atoms with Gasteiger partial charge in [-0.2, -0.15) is 5.10 Å². The molecule has 0 spiro atoms. The van der Waals surface area contributed by atoms with Crippen LogP contribution in [0.5, 0.6) is 0 Å². The molecule has 520 valence electrons. The molecule has 7 heterocycles. The first-order chi connectivity index (χ1) is 46.8. The summed E-state index contributed by atoms with van der Waals surface area (Å²) >= 11 is 1.40. The van der Waals surface area contributed by atoms with Crippen molar-refractivity contribution >= 4 is 91.4 Å². The van der Waals surface area contributed by atoms with Gasteiger partial charge in [-0.25, -0.2) is 23.9 Å². The molecule has 6 aromatic rings. The molecule has 4 aromatic heterocycles. The van der Waals surface area contributed by atoms with E-state index in [2.05, 4.69) is 60.3 Å². The monoisotopic (exact) mass is 1360 g/mol. The van der Waals surface area contributed by atoms with Crippen LogP contribution in [0, 0.1) is 41.8 Å². The van der Waals surface area contributed by atoms with E-state index < -0.39 is 53.6 Å². The van der Waals surface area contributed by atoms with E-state index >= 15 is 0 Å². The second kappa shape index (κ2) is 28.2. The van der Waals surface area contributed by atoms with Crippen molar-refractivity contribution in [2.75, 3.05) is 74.6 Å². The van der Waals surface area contributed by atoms with Crippen LogP contribution in [0.2, 0.25) is 0 Å². The van der Waals surface area contributed by atoms with E-state index in [0.29, 0.717) is 65.5 Å². The normalized spacial score (nSPS) is 22.7. The summed E-state index contributed by atoms with van der Waals surface area (Å²) < 4.78 is 30.7. The molecular weight excluding hydrogens is 1270 g/mol. The molecule has 2 aromatic carbocycles. The fourth-order valence-corrected chi connectivity index (χ4v) is 18.3. The number of anilines is 5. The third kappa shape index (κ3) is 15.2. The highest BCUT2D eigenvalue weighted by molar-refractivity contribution is 7.22. The van der Waals surface area contributed by atoms with Gasteiger partial charge in [-0.1, -0.05) is 51.2 Å². The number of hydrogen-bond acceptors (Lipinski definition) is 17. The lowest BCUT2D eigenvalue weighted by Crippen LogP contribution is -2.64. The lowest BCUT2D eigenvalue weighted by Gasteiger charge is -2.69. The van der Waals surface area contributed by atoms with Crippen LogP contribution in [0.3, 0.4) is 0 Å². The highest BCUT2D eigenvalue weighted by Gasteiger charge is 2.66. The Kier molecular flexibility index (Phi) is 19.9. The van der Waals surface area contributed by atoms with Crippen molar-refractivity contribution in [3.05, 3.63) is 107 Å². The van der Waals surface area contributed by atoms with Crippen molar-refractivity contribution in [2.45, 2.75) is 156 Å². The summed E-state index contributed by atoms with van der Waals surface area (Å²) in [7, 11) is 0. The number of ether oxygens (including phenoxy) is 2. The fraction of sp³-hybridized carbons (Fsp3) is 0.521. The molecule has 4 bridgehead atoms. The Balaban J connectivity index is 0.671. The number of hydrogen-bond donors (Lipinski definition) is 7. The van der Waals surface area contributed by atoms with Crippen LogP contribution in [0.15, 0.2) is 72.9 Å². The third-order valence-electron chi connectivity index (χ3n) is 20.8. The molecule has 27 heteroatoms. The number of carbonyl (C=O) groups excluding carboxylic acids is 6. The Morgan fingerprint density at radius 3 is 2.31 bits per heavy atom. The number of carboxylic acids is 1. The first kappa shape index (κ1) is 69.1. The molecule has 1 saturated heterocycles. The Labute approximate surface area is 572 Å². The number of carboxylic acid groups (broad SMARTS) is 1. The minimum atomic E-state index is -1.14. The molecule has 8 N–H and O–H groups in total. The van der Waals surface area contributed by atoms with E-state index in [4.69, 9.17) is 25.3 Å². The van der Waals surface area contributed by atoms with Crippen LogP contribution < -0.4 is 37.2 Å². The first-order valence-corrected chi connectivity index (χ1v) is 35.0. The van der Waals surface area contributed by atoms with Crippen molar-refractivity contribution in [3.8, 4) is 11.1 Å². The number of quaternary nitrogens is 1. The van der Waals surface area contributed by atoms with E-state index in [9.17, 15) is 43.1 Å². The van der Waals surface area contributed by atoms with Crippen molar-refractivity contribution in [2.24, 2.45) is 27.9 Å². The van der Waals surface area contributed by atoms with Gasteiger partial charge in [-0.3, -0.25) is 33.6 Å². The van der Waals surface area contributed by atoms with Crippen molar-refractivity contribution < 1.29 is 57.0 Å². The smallest absolute Gasteiger partial charge is 0.355 e. The maximum Gasteiger partial charge on any atom is 0.355 e. The molecule has 25 nitrogen and oxygen atoms in total. The minimum absolute atomic E-state index is 0.0104. The summed E-state index contributed by atoms with van der Waals surface area (Å²) in [4.78, 5) is 102. The second-order valence-electron chi connectivity index (χ2n) is 29.2. The molecule has 7 amide bonds. The van der Waals surface area contributed by atoms with Crippen molar-refractivity contribution in [1.82, 2.24) is 50.8 Å². The molecule has 13 rings (SSSR count). The van der Waals surface area contributed by atoms with E-state index in [1.165, 1.54) is 35.6 Å². The van der Waals surface area contributed by atoms with Gasteiger partial charge in [0.1, 0.15) is 36.8 Å². The number of amides is 7. The molecule has 3 aliphatic heterocycles. The molecule has 2 unspecified atom stereocenters. The van der Waals surface area contributed by atoms with Crippen LogP contribution in [-0.4, -0.2) is 163 Å². The number of primary amides is 1. The SMILES string of the molecule is Cc1c(Nc2nc3cc(F)ccc3s2)nnc2c1CCCN2c1ccc(-c2cnn(CC34CC5(C)CC(C)(C3)CC(OCC[N+]3(Cc6ccc(NC(=O)[C@H](CCCNC(N)=O)NC(=O)[C@@H](NC(=O)CCOCCN7C(=O)C=CC7=O)C(C)C)cc6)CCCC3)(C5)C4)c2C)c(C(=O)O)n1. The van der Waals surface area contributed by atoms with E-state index in [-0.39, 0.29) is 78.4 Å². The van der Waals surface area contributed by atoms with Gasteiger partial charge in [-0.15, -0.1) is 10.2 Å².